The van der Waals surface area contributed by atoms with Crippen molar-refractivity contribution in [3.05, 3.63) is 49.8 Å². The van der Waals surface area contributed by atoms with Gasteiger partial charge in [-0.15, -0.1) is 11.3 Å². The molecule has 0 saturated carbocycles. The number of hydrogen-bond donors (Lipinski definition) is 0. The van der Waals surface area contributed by atoms with Gasteiger partial charge in [0.15, 0.2) is 0 Å². The Bertz CT molecular complexity index is 494. The number of ketones is 1. The third kappa shape index (κ3) is 2.27. The number of hydrogen-bond acceptors (Lipinski definition) is 3. The Balaban J connectivity index is 2.37. The van der Waals surface area contributed by atoms with Gasteiger partial charge in [0.2, 0.25) is 5.78 Å². The molecule has 0 radical (unpaired) electrons. The molecule has 0 aliphatic heterocycles. The number of pyridine rings is 1. The maximum atomic E-state index is 11.9. The van der Waals surface area contributed by atoms with E-state index in [4.69, 9.17) is 11.6 Å². The molecule has 2 rings (SSSR count). The van der Waals surface area contributed by atoms with Crippen LogP contribution in [0.5, 0.6) is 0 Å². The number of rotatable bonds is 2. The van der Waals surface area contributed by atoms with Crippen LogP contribution in [0.25, 0.3) is 0 Å². The lowest BCUT2D eigenvalue weighted by Gasteiger charge is -1.98. The highest BCUT2D eigenvalue weighted by atomic mass is 79.9. The highest BCUT2D eigenvalue weighted by Crippen LogP contribution is 2.25. The zero-order chi connectivity index (χ0) is 10.8. The van der Waals surface area contributed by atoms with Crippen LogP contribution in [0.4, 0.5) is 0 Å². The molecule has 0 N–H and O–H groups in total. The molecule has 0 spiro atoms. The topological polar surface area (TPSA) is 30.0 Å². The van der Waals surface area contributed by atoms with Gasteiger partial charge in [-0.05, 0) is 39.5 Å². The van der Waals surface area contributed by atoms with Gasteiger partial charge in [-0.25, -0.2) is 4.98 Å². The minimum Gasteiger partial charge on any atom is -0.288 e. The lowest BCUT2D eigenvalue weighted by Crippen LogP contribution is -1.99. The summed E-state index contributed by atoms with van der Waals surface area (Å²) in [6.07, 6.45) is 1.48. The molecule has 2 heterocycles. The molecule has 5 heteroatoms. The van der Waals surface area contributed by atoms with E-state index in [0.29, 0.717) is 15.6 Å². The van der Waals surface area contributed by atoms with E-state index < -0.39 is 0 Å². The second-order valence-electron chi connectivity index (χ2n) is 2.80. The van der Waals surface area contributed by atoms with Crippen LogP contribution in [0.1, 0.15) is 15.2 Å². The van der Waals surface area contributed by atoms with Crippen LogP contribution in [0.15, 0.2) is 34.2 Å². The lowest BCUT2D eigenvalue weighted by atomic mass is 10.2. The highest BCUT2D eigenvalue weighted by Gasteiger charge is 2.13. The van der Waals surface area contributed by atoms with Gasteiger partial charge in [-0.3, -0.25) is 4.79 Å². The quantitative estimate of drug-likeness (QED) is 0.624. The van der Waals surface area contributed by atoms with Crippen molar-refractivity contribution in [3.8, 4) is 0 Å². The summed E-state index contributed by atoms with van der Waals surface area (Å²) in [5.41, 5.74) is 0.544. The van der Waals surface area contributed by atoms with Crippen LogP contribution in [-0.4, -0.2) is 10.8 Å². The zero-order valence-electron chi connectivity index (χ0n) is 7.41. The van der Waals surface area contributed by atoms with Crippen molar-refractivity contribution in [1.82, 2.24) is 4.98 Å². The van der Waals surface area contributed by atoms with Gasteiger partial charge < -0.3 is 0 Å². The average Bonchev–Trinajstić information content (AvgIpc) is 2.65. The van der Waals surface area contributed by atoms with Gasteiger partial charge in [0.05, 0.1) is 4.88 Å². The Morgan fingerprint density at radius 3 is 2.73 bits per heavy atom. The van der Waals surface area contributed by atoms with E-state index in [1.165, 1.54) is 17.5 Å². The Hall–Kier alpha value is -0.710. The van der Waals surface area contributed by atoms with Gasteiger partial charge in [0, 0.05) is 16.2 Å². The van der Waals surface area contributed by atoms with Crippen LogP contribution in [0.3, 0.4) is 0 Å². The summed E-state index contributed by atoms with van der Waals surface area (Å²) in [7, 11) is 0. The molecule has 0 aliphatic rings. The van der Waals surface area contributed by atoms with Crippen molar-refractivity contribution in [1.29, 1.82) is 0 Å². The number of halogens is 2. The summed E-state index contributed by atoms with van der Waals surface area (Å²) < 4.78 is 0.812. The van der Waals surface area contributed by atoms with Gasteiger partial charge in [0.1, 0.15) is 5.15 Å². The molecule has 2 aromatic heterocycles. The number of carbonyl (C=O) groups is 1. The fraction of sp³-hybridized carbons (Fsp3) is 0. The number of carbonyl (C=O) groups excluding carboxylic acids is 1. The predicted octanol–water partition coefficient (Wildman–Crippen LogP) is 3.79. The smallest absolute Gasteiger partial charge is 0.205 e. The number of nitrogens with zero attached hydrogens (tertiary/aromatic N) is 1. The summed E-state index contributed by atoms with van der Waals surface area (Å²) in [4.78, 5) is 16.5. The molecule has 76 valence electrons. The summed E-state index contributed by atoms with van der Waals surface area (Å²) in [6.45, 7) is 0. The zero-order valence-corrected chi connectivity index (χ0v) is 10.6. The average molecular weight is 303 g/mol. The monoisotopic (exact) mass is 301 g/mol. The molecule has 0 unspecified atom stereocenters. The molecule has 0 bridgehead atoms. The van der Waals surface area contributed by atoms with E-state index in [1.54, 1.807) is 12.1 Å². The van der Waals surface area contributed by atoms with Crippen molar-refractivity contribution in [2.24, 2.45) is 0 Å². The molecular formula is C10H5BrClNOS. The van der Waals surface area contributed by atoms with E-state index in [0.717, 1.165) is 4.47 Å². The van der Waals surface area contributed by atoms with Crippen LogP contribution in [0, 0.1) is 0 Å². The Morgan fingerprint density at radius 2 is 2.20 bits per heavy atom. The van der Waals surface area contributed by atoms with Gasteiger partial charge in [-0.2, -0.15) is 0 Å². The first-order valence-corrected chi connectivity index (χ1v) is 6.13. The van der Waals surface area contributed by atoms with Gasteiger partial charge >= 0.3 is 0 Å². The molecule has 2 nitrogen and oxygen atoms in total. The molecule has 0 aliphatic carbocycles. The summed E-state index contributed by atoms with van der Waals surface area (Å²) in [6, 6.07) is 5.13. The van der Waals surface area contributed by atoms with Crippen molar-refractivity contribution < 1.29 is 4.79 Å². The second-order valence-corrected chi connectivity index (χ2v) is 4.95. The van der Waals surface area contributed by atoms with E-state index in [1.807, 2.05) is 11.4 Å². The van der Waals surface area contributed by atoms with Crippen molar-refractivity contribution in [3.63, 3.8) is 0 Å². The molecule has 0 aromatic carbocycles. The summed E-state index contributed by atoms with van der Waals surface area (Å²) in [5, 5.41) is 2.25. The fourth-order valence-corrected chi connectivity index (χ4v) is 2.72. The largest absolute Gasteiger partial charge is 0.288 e. The Labute approximate surface area is 104 Å². The van der Waals surface area contributed by atoms with Crippen LogP contribution in [0.2, 0.25) is 5.15 Å². The molecular weight excluding hydrogens is 298 g/mol. The second kappa shape index (κ2) is 4.43. The maximum absolute atomic E-state index is 11.9. The summed E-state index contributed by atoms with van der Waals surface area (Å²) in [5.74, 6) is -0.0407. The maximum Gasteiger partial charge on any atom is 0.205 e. The SMILES string of the molecule is O=C(c1ccc(Cl)nc1)c1sccc1Br. The number of aromatic nitrogens is 1. The molecule has 0 fully saturated rings. The fourth-order valence-electron chi connectivity index (χ4n) is 1.10. The van der Waals surface area contributed by atoms with Gasteiger partial charge in [-0.1, -0.05) is 11.6 Å². The lowest BCUT2D eigenvalue weighted by molar-refractivity contribution is 0.104. The van der Waals surface area contributed by atoms with Crippen molar-refractivity contribution >= 4 is 44.7 Å². The molecule has 0 amide bonds. The van der Waals surface area contributed by atoms with E-state index in [9.17, 15) is 4.79 Å². The van der Waals surface area contributed by atoms with Crippen LogP contribution >= 0.6 is 38.9 Å². The Morgan fingerprint density at radius 1 is 1.40 bits per heavy atom. The van der Waals surface area contributed by atoms with E-state index >= 15 is 0 Å². The minimum absolute atomic E-state index is 0.0407. The van der Waals surface area contributed by atoms with E-state index in [2.05, 4.69) is 20.9 Å². The molecule has 2 aromatic rings. The van der Waals surface area contributed by atoms with Crippen molar-refractivity contribution in [2.75, 3.05) is 0 Å². The predicted molar refractivity (Wildman–Crippen MR) is 64.7 cm³/mol. The standard InChI is InChI=1S/C10H5BrClNOS/c11-7-3-4-15-10(7)9(14)6-1-2-8(12)13-5-6/h1-5H. The molecule has 15 heavy (non-hydrogen) atoms. The first-order valence-electron chi connectivity index (χ1n) is 4.08. The first-order chi connectivity index (χ1) is 7.18. The normalized spacial score (nSPS) is 10.3. The highest BCUT2D eigenvalue weighted by molar-refractivity contribution is 9.10. The first kappa shape index (κ1) is 10.8. The van der Waals surface area contributed by atoms with Crippen molar-refractivity contribution in [2.45, 2.75) is 0 Å². The minimum atomic E-state index is -0.0407. The third-order valence-electron chi connectivity index (χ3n) is 1.81. The Kier molecular flexibility index (Phi) is 3.19. The third-order valence-corrected chi connectivity index (χ3v) is 3.87. The molecule has 0 saturated heterocycles. The number of thiophene rings is 1. The van der Waals surface area contributed by atoms with Gasteiger partial charge in [0.25, 0.3) is 0 Å². The van der Waals surface area contributed by atoms with Crippen LogP contribution in [-0.2, 0) is 0 Å². The van der Waals surface area contributed by atoms with E-state index in [-0.39, 0.29) is 5.78 Å². The summed E-state index contributed by atoms with van der Waals surface area (Å²) >= 11 is 10.4. The van der Waals surface area contributed by atoms with Crippen LogP contribution < -0.4 is 0 Å². The molecule has 0 atom stereocenters.